The molecule has 0 bridgehead atoms. The van der Waals surface area contributed by atoms with E-state index in [1.807, 2.05) is 6.07 Å². The van der Waals surface area contributed by atoms with Crippen molar-refractivity contribution in [1.29, 1.82) is 0 Å². The maximum atomic E-state index is 5.87. The van der Waals surface area contributed by atoms with Crippen LogP contribution >= 0.6 is 11.6 Å². The van der Waals surface area contributed by atoms with E-state index in [-0.39, 0.29) is 6.04 Å². The fourth-order valence-electron chi connectivity index (χ4n) is 1.81. The topological polar surface area (TPSA) is 52.0 Å². The third kappa shape index (κ3) is 1.08. The molecule has 0 fully saturated rings. The highest BCUT2D eigenvalue weighted by Gasteiger charge is 2.21. The summed E-state index contributed by atoms with van der Waals surface area (Å²) in [5.74, 6) is 0. The Kier molecular flexibility index (Phi) is 1.74. The molecule has 1 aliphatic rings. The molecule has 0 spiro atoms. The molecule has 1 unspecified atom stereocenters. The Labute approximate surface area is 76.5 Å². The largest absolute Gasteiger partial charge is 0.398 e. The SMILES string of the molecule is Nc1cc(Cl)cc2c1C(N)CC2. The average Bonchev–Trinajstić information content (AvgIpc) is 2.31. The van der Waals surface area contributed by atoms with Crippen molar-refractivity contribution in [3.8, 4) is 0 Å². The minimum absolute atomic E-state index is 0.109. The number of hydrogen-bond acceptors (Lipinski definition) is 2. The van der Waals surface area contributed by atoms with Crippen LogP contribution < -0.4 is 11.5 Å². The van der Waals surface area contributed by atoms with Crippen molar-refractivity contribution in [2.45, 2.75) is 18.9 Å². The molecule has 0 heterocycles. The zero-order chi connectivity index (χ0) is 8.72. The Morgan fingerprint density at radius 2 is 2.17 bits per heavy atom. The molecule has 1 aliphatic carbocycles. The summed E-state index contributed by atoms with van der Waals surface area (Å²) in [6, 6.07) is 3.84. The lowest BCUT2D eigenvalue weighted by atomic mass is 10.1. The van der Waals surface area contributed by atoms with Crippen molar-refractivity contribution in [2.75, 3.05) is 5.73 Å². The summed E-state index contributed by atoms with van der Waals surface area (Å²) in [7, 11) is 0. The van der Waals surface area contributed by atoms with E-state index in [2.05, 4.69) is 0 Å². The predicted octanol–water partition coefficient (Wildman–Crippen LogP) is 1.87. The van der Waals surface area contributed by atoms with Gasteiger partial charge in [0.05, 0.1) is 0 Å². The van der Waals surface area contributed by atoms with Crippen molar-refractivity contribution in [3.63, 3.8) is 0 Å². The van der Waals surface area contributed by atoms with Crippen LogP contribution in [0.25, 0.3) is 0 Å². The van der Waals surface area contributed by atoms with Gasteiger partial charge in [0.15, 0.2) is 0 Å². The molecule has 0 saturated heterocycles. The molecule has 0 amide bonds. The maximum absolute atomic E-state index is 5.87. The van der Waals surface area contributed by atoms with Gasteiger partial charge in [-0.2, -0.15) is 0 Å². The number of fused-ring (bicyclic) bond motifs is 1. The Morgan fingerprint density at radius 1 is 1.42 bits per heavy atom. The lowest BCUT2D eigenvalue weighted by Crippen LogP contribution is -2.07. The Bertz CT molecular complexity index is 323. The van der Waals surface area contributed by atoms with Gasteiger partial charge >= 0.3 is 0 Å². The van der Waals surface area contributed by atoms with Gasteiger partial charge in [0, 0.05) is 16.8 Å². The van der Waals surface area contributed by atoms with E-state index in [1.165, 1.54) is 5.56 Å². The van der Waals surface area contributed by atoms with Crippen LogP contribution in [0.5, 0.6) is 0 Å². The van der Waals surface area contributed by atoms with E-state index in [0.29, 0.717) is 5.02 Å². The monoisotopic (exact) mass is 182 g/mol. The van der Waals surface area contributed by atoms with E-state index in [9.17, 15) is 0 Å². The second kappa shape index (κ2) is 2.64. The number of halogens is 1. The van der Waals surface area contributed by atoms with Gasteiger partial charge in [-0.15, -0.1) is 0 Å². The number of benzene rings is 1. The summed E-state index contributed by atoms with van der Waals surface area (Å²) in [5, 5.41) is 0.709. The zero-order valence-corrected chi connectivity index (χ0v) is 7.43. The van der Waals surface area contributed by atoms with Crippen molar-refractivity contribution >= 4 is 17.3 Å². The van der Waals surface area contributed by atoms with E-state index < -0.39 is 0 Å². The fourth-order valence-corrected chi connectivity index (χ4v) is 2.06. The maximum Gasteiger partial charge on any atom is 0.0429 e. The fraction of sp³-hybridized carbons (Fsp3) is 0.333. The first kappa shape index (κ1) is 7.90. The van der Waals surface area contributed by atoms with Gasteiger partial charge in [0.1, 0.15) is 0 Å². The number of hydrogen-bond donors (Lipinski definition) is 2. The first-order valence-electron chi connectivity index (χ1n) is 4.02. The molecule has 12 heavy (non-hydrogen) atoms. The van der Waals surface area contributed by atoms with E-state index >= 15 is 0 Å². The summed E-state index contributed by atoms with van der Waals surface area (Å²) in [6.07, 6.45) is 1.99. The summed E-state index contributed by atoms with van der Waals surface area (Å²) in [4.78, 5) is 0. The summed E-state index contributed by atoms with van der Waals surface area (Å²) in [6.45, 7) is 0. The molecule has 2 rings (SSSR count). The van der Waals surface area contributed by atoms with Crippen LogP contribution in [0.3, 0.4) is 0 Å². The quantitative estimate of drug-likeness (QED) is 0.602. The van der Waals surface area contributed by atoms with Gasteiger partial charge in [-0.25, -0.2) is 0 Å². The molecule has 1 aromatic rings. The van der Waals surface area contributed by atoms with Crippen LogP contribution in [0.4, 0.5) is 5.69 Å². The Morgan fingerprint density at radius 3 is 2.92 bits per heavy atom. The highest BCUT2D eigenvalue weighted by atomic mass is 35.5. The molecule has 0 saturated carbocycles. The van der Waals surface area contributed by atoms with Crippen molar-refractivity contribution in [2.24, 2.45) is 5.73 Å². The first-order chi connectivity index (χ1) is 5.68. The van der Waals surface area contributed by atoms with Crippen LogP contribution in [0.2, 0.25) is 5.02 Å². The van der Waals surface area contributed by atoms with Crippen LogP contribution in [-0.4, -0.2) is 0 Å². The molecule has 1 aromatic carbocycles. The molecular weight excluding hydrogens is 172 g/mol. The third-order valence-electron chi connectivity index (χ3n) is 2.36. The first-order valence-corrected chi connectivity index (χ1v) is 4.39. The van der Waals surface area contributed by atoms with E-state index in [4.69, 9.17) is 23.1 Å². The van der Waals surface area contributed by atoms with Gasteiger partial charge in [-0.1, -0.05) is 11.6 Å². The summed E-state index contributed by atoms with van der Waals surface area (Å²) >= 11 is 5.86. The second-order valence-corrected chi connectivity index (χ2v) is 3.65. The highest BCUT2D eigenvalue weighted by molar-refractivity contribution is 6.31. The minimum Gasteiger partial charge on any atom is -0.398 e. The smallest absolute Gasteiger partial charge is 0.0429 e. The zero-order valence-electron chi connectivity index (χ0n) is 6.68. The third-order valence-corrected chi connectivity index (χ3v) is 2.58. The molecule has 4 N–H and O–H groups in total. The van der Waals surface area contributed by atoms with Crippen molar-refractivity contribution in [3.05, 3.63) is 28.3 Å². The molecule has 2 nitrogen and oxygen atoms in total. The van der Waals surface area contributed by atoms with Crippen LogP contribution in [0.1, 0.15) is 23.6 Å². The number of nitrogens with two attached hydrogens (primary N) is 2. The van der Waals surface area contributed by atoms with Crippen molar-refractivity contribution < 1.29 is 0 Å². The van der Waals surface area contributed by atoms with Gasteiger partial charge in [-0.3, -0.25) is 0 Å². The Balaban J connectivity index is 2.60. The van der Waals surface area contributed by atoms with Crippen LogP contribution in [-0.2, 0) is 6.42 Å². The van der Waals surface area contributed by atoms with Crippen molar-refractivity contribution in [1.82, 2.24) is 0 Å². The minimum atomic E-state index is 0.109. The lowest BCUT2D eigenvalue weighted by Gasteiger charge is -2.08. The molecule has 0 aliphatic heterocycles. The molecule has 0 radical (unpaired) electrons. The molecule has 3 heteroatoms. The number of aryl methyl sites for hydroxylation is 1. The standard InChI is InChI=1S/C9H11ClN2/c10-6-3-5-1-2-7(11)9(5)8(12)4-6/h3-4,7H,1-2,11-12H2. The normalized spacial score (nSPS) is 21.0. The van der Waals surface area contributed by atoms with Gasteiger partial charge in [0.2, 0.25) is 0 Å². The van der Waals surface area contributed by atoms with Gasteiger partial charge < -0.3 is 11.5 Å². The molecule has 64 valence electrons. The molecule has 1 atom stereocenters. The predicted molar refractivity (Wildman–Crippen MR) is 51.1 cm³/mol. The summed E-state index contributed by atoms with van der Waals surface area (Å²) < 4.78 is 0. The van der Waals surface area contributed by atoms with Crippen LogP contribution in [0.15, 0.2) is 12.1 Å². The average molecular weight is 183 g/mol. The lowest BCUT2D eigenvalue weighted by molar-refractivity contribution is 0.715. The number of rotatable bonds is 0. The van der Waals surface area contributed by atoms with E-state index in [0.717, 1.165) is 24.1 Å². The van der Waals surface area contributed by atoms with Gasteiger partial charge in [0.25, 0.3) is 0 Å². The number of nitrogen functional groups attached to an aromatic ring is 1. The van der Waals surface area contributed by atoms with E-state index in [1.54, 1.807) is 6.07 Å². The molecule has 0 aromatic heterocycles. The summed E-state index contributed by atoms with van der Waals surface area (Å²) in [5.41, 5.74) is 14.7. The second-order valence-electron chi connectivity index (χ2n) is 3.21. The number of anilines is 1. The van der Waals surface area contributed by atoms with Gasteiger partial charge in [-0.05, 0) is 36.1 Å². The molecular formula is C9H11ClN2. The Hall–Kier alpha value is -0.730. The highest BCUT2D eigenvalue weighted by Crippen LogP contribution is 2.35. The van der Waals surface area contributed by atoms with Crippen LogP contribution in [0, 0.1) is 0 Å².